The van der Waals surface area contributed by atoms with E-state index >= 15 is 0 Å². The number of amides is 1. The Balaban J connectivity index is 1.83. The average Bonchev–Trinajstić information content (AvgIpc) is 2.96. The molecule has 0 bridgehead atoms. The van der Waals surface area contributed by atoms with E-state index in [2.05, 4.69) is 10.3 Å². The van der Waals surface area contributed by atoms with E-state index < -0.39 is 12.0 Å². The molecule has 2 atom stereocenters. The van der Waals surface area contributed by atoms with E-state index in [0.717, 1.165) is 17.8 Å². The van der Waals surface area contributed by atoms with Gasteiger partial charge in [-0.05, 0) is 12.8 Å². The van der Waals surface area contributed by atoms with E-state index in [1.807, 2.05) is 5.38 Å². The molecule has 1 saturated heterocycles. The highest BCUT2D eigenvalue weighted by Crippen LogP contribution is 2.18. The third-order valence-electron chi connectivity index (χ3n) is 3.30. The predicted octanol–water partition coefficient (Wildman–Crippen LogP) is 1.07. The van der Waals surface area contributed by atoms with Gasteiger partial charge in [0, 0.05) is 36.9 Å². The van der Waals surface area contributed by atoms with Crippen LogP contribution >= 0.6 is 11.3 Å². The van der Waals surface area contributed by atoms with Crippen LogP contribution < -0.4 is 5.32 Å². The van der Waals surface area contributed by atoms with E-state index in [9.17, 15) is 14.7 Å². The van der Waals surface area contributed by atoms with Gasteiger partial charge in [-0.1, -0.05) is 0 Å². The maximum absolute atomic E-state index is 11.9. The van der Waals surface area contributed by atoms with Crippen LogP contribution in [0.2, 0.25) is 0 Å². The number of thiazole rings is 1. The maximum atomic E-state index is 11.9. The zero-order valence-corrected chi connectivity index (χ0v) is 11.9. The molecule has 0 spiro atoms. The monoisotopic (exact) mass is 298 g/mol. The summed E-state index contributed by atoms with van der Waals surface area (Å²) in [6, 6.07) is -0.862. The van der Waals surface area contributed by atoms with E-state index in [4.69, 9.17) is 4.74 Å². The molecule has 2 rings (SSSR count). The highest BCUT2D eigenvalue weighted by atomic mass is 32.1. The lowest BCUT2D eigenvalue weighted by Gasteiger charge is -2.28. The minimum absolute atomic E-state index is 0.148. The van der Waals surface area contributed by atoms with E-state index in [-0.39, 0.29) is 18.2 Å². The number of hydrogen-bond donors (Lipinski definition) is 2. The van der Waals surface area contributed by atoms with Crippen LogP contribution in [0.4, 0.5) is 0 Å². The summed E-state index contributed by atoms with van der Waals surface area (Å²) in [7, 11) is 0. The summed E-state index contributed by atoms with van der Waals surface area (Å²) in [4.78, 5) is 27.2. The van der Waals surface area contributed by atoms with Crippen molar-refractivity contribution in [2.45, 2.75) is 31.7 Å². The molecule has 2 unspecified atom stereocenters. The second-order valence-electron chi connectivity index (χ2n) is 4.79. The van der Waals surface area contributed by atoms with Gasteiger partial charge in [0.25, 0.3) is 0 Å². The fraction of sp³-hybridized carbons (Fsp3) is 0.615. The second kappa shape index (κ2) is 7.35. The number of rotatable bonds is 6. The van der Waals surface area contributed by atoms with Gasteiger partial charge in [-0.3, -0.25) is 4.79 Å². The van der Waals surface area contributed by atoms with Gasteiger partial charge >= 0.3 is 5.97 Å². The number of aryl methyl sites for hydroxylation is 1. The average molecular weight is 298 g/mol. The molecule has 1 aliphatic rings. The number of hydrogen-bond acceptors (Lipinski definition) is 5. The molecule has 6 nitrogen and oxygen atoms in total. The SMILES string of the molecule is O=C(CCc1nccs1)NC(C(=O)O)C1CCCOC1. The molecule has 0 saturated carbocycles. The molecule has 110 valence electrons. The van der Waals surface area contributed by atoms with Crippen LogP contribution in [0.15, 0.2) is 11.6 Å². The van der Waals surface area contributed by atoms with Gasteiger partial charge in [0.15, 0.2) is 0 Å². The molecule has 1 amide bonds. The molecule has 7 heteroatoms. The lowest BCUT2D eigenvalue weighted by molar-refractivity contribution is -0.145. The lowest BCUT2D eigenvalue weighted by atomic mass is 9.93. The molecule has 2 N–H and O–H groups in total. The fourth-order valence-corrected chi connectivity index (χ4v) is 2.87. The first-order valence-corrected chi connectivity index (χ1v) is 7.53. The topological polar surface area (TPSA) is 88.5 Å². The first kappa shape index (κ1) is 14.9. The summed E-state index contributed by atoms with van der Waals surface area (Å²) in [6.07, 6.45) is 4.09. The van der Waals surface area contributed by atoms with Crippen LogP contribution in [0.5, 0.6) is 0 Å². The molecule has 1 aromatic rings. The Kier molecular flexibility index (Phi) is 5.49. The third kappa shape index (κ3) is 4.28. The van der Waals surface area contributed by atoms with E-state index in [1.54, 1.807) is 6.20 Å². The van der Waals surface area contributed by atoms with Gasteiger partial charge in [-0.2, -0.15) is 0 Å². The van der Waals surface area contributed by atoms with Crippen molar-refractivity contribution in [3.63, 3.8) is 0 Å². The quantitative estimate of drug-likeness (QED) is 0.820. The van der Waals surface area contributed by atoms with Gasteiger partial charge in [0.05, 0.1) is 11.6 Å². The largest absolute Gasteiger partial charge is 0.480 e. The Bertz CT molecular complexity index is 443. The molecule has 1 aliphatic heterocycles. The summed E-state index contributed by atoms with van der Waals surface area (Å²) in [5, 5.41) is 14.6. The Labute approximate surface area is 121 Å². The Morgan fingerprint density at radius 2 is 2.45 bits per heavy atom. The molecule has 0 aliphatic carbocycles. The number of carbonyl (C=O) groups is 2. The lowest BCUT2D eigenvalue weighted by Crippen LogP contribution is -2.48. The normalized spacial score (nSPS) is 20.3. The first-order chi connectivity index (χ1) is 9.66. The van der Waals surface area contributed by atoms with Gasteiger partial charge in [-0.25, -0.2) is 9.78 Å². The van der Waals surface area contributed by atoms with Crippen molar-refractivity contribution in [3.05, 3.63) is 16.6 Å². The first-order valence-electron chi connectivity index (χ1n) is 6.65. The molecule has 2 heterocycles. The van der Waals surface area contributed by atoms with Crippen molar-refractivity contribution in [3.8, 4) is 0 Å². The Hall–Kier alpha value is -1.47. The van der Waals surface area contributed by atoms with Crippen molar-refractivity contribution >= 4 is 23.2 Å². The molecule has 1 fully saturated rings. The van der Waals surface area contributed by atoms with Crippen LogP contribution in [0, 0.1) is 5.92 Å². The molecule has 1 aromatic heterocycles. The summed E-state index contributed by atoms with van der Waals surface area (Å²) >= 11 is 1.49. The van der Waals surface area contributed by atoms with Crippen LogP contribution in [-0.2, 0) is 20.7 Å². The Morgan fingerprint density at radius 1 is 1.60 bits per heavy atom. The number of aromatic nitrogens is 1. The highest BCUT2D eigenvalue weighted by Gasteiger charge is 2.31. The van der Waals surface area contributed by atoms with Crippen LogP contribution in [0.3, 0.4) is 0 Å². The second-order valence-corrected chi connectivity index (χ2v) is 5.77. The van der Waals surface area contributed by atoms with E-state index in [1.165, 1.54) is 11.3 Å². The Morgan fingerprint density at radius 3 is 3.05 bits per heavy atom. The molecule has 0 radical (unpaired) electrons. The standard InChI is InChI=1S/C13H18N2O4S/c16-10(3-4-11-14-5-7-20-11)15-12(13(17)18)9-2-1-6-19-8-9/h5,7,9,12H,1-4,6,8H2,(H,15,16)(H,17,18). The van der Waals surface area contributed by atoms with Crippen molar-refractivity contribution in [2.24, 2.45) is 5.92 Å². The van der Waals surface area contributed by atoms with Crippen molar-refractivity contribution < 1.29 is 19.4 Å². The summed E-state index contributed by atoms with van der Waals surface area (Å²) in [5.41, 5.74) is 0. The van der Waals surface area contributed by atoms with Crippen molar-refractivity contribution in [1.29, 1.82) is 0 Å². The number of ether oxygens (including phenoxy) is 1. The number of carboxylic acid groups (broad SMARTS) is 1. The number of aliphatic carboxylic acids is 1. The van der Waals surface area contributed by atoms with Gasteiger partial charge in [0.1, 0.15) is 6.04 Å². The van der Waals surface area contributed by atoms with Crippen molar-refractivity contribution in [2.75, 3.05) is 13.2 Å². The number of carboxylic acids is 1. The minimum Gasteiger partial charge on any atom is -0.480 e. The number of carbonyl (C=O) groups excluding carboxylic acids is 1. The molecule has 0 aromatic carbocycles. The molecular formula is C13H18N2O4S. The maximum Gasteiger partial charge on any atom is 0.326 e. The van der Waals surface area contributed by atoms with Crippen LogP contribution in [0.1, 0.15) is 24.3 Å². The minimum atomic E-state index is -0.997. The predicted molar refractivity (Wildman–Crippen MR) is 73.5 cm³/mol. The van der Waals surface area contributed by atoms with E-state index in [0.29, 0.717) is 19.6 Å². The fourth-order valence-electron chi connectivity index (χ4n) is 2.25. The van der Waals surface area contributed by atoms with Gasteiger partial charge in [0.2, 0.25) is 5.91 Å². The summed E-state index contributed by atoms with van der Waals surface area (Å²) in [6.45, 7) is 1.06. The number of nitrogens with zero attached hydrogens (tertiary/aromatic N) is 1. The van der Waals surface area contributed by atoms with Crippen LogP contribution in [0.25, 0.3) is 0 Å². The molecule has 20 heavy (non-hydrogen) atoms. The third-order valence-corrected chi connectivity index (χ3v) is 4.14. The number of nitrogens with one attached hydrogen (secondary N) is 1. The summed E-state index contributed by atoms with van der Waals surface area (Å²) in [5.74, 6) is -1.40. The summed E-state index contributed by atoms with van der Waals surface area (Å²) < 4.78 is 5.29. The van der Waals surface area contributed by atoms with Gasteiger partial charge in [-0.15, -0.1) is 11.3 Å². The van der Waals surface area contributed by atoms with Gasteiger partial charge < -0.3 is 15.2 Å². The zero-order valence-electron chi connectivity index (χ0n) is 11.1. The zero-order chi connectivity index (χ0) is 14.4. The molecular weight excluding hydrogens is 280 g/mol. The highest BCUT2D eigenvalue weighted by molar-refractivity contribution is 7.09. The van der Waals surface area contributed by atoms with Crippen molar-refractivity contribution in [1.82, 2.24) is 10.3 Å². The smallest absolute Gasteiger partial charge is 0.326 e. The van der Waals surface area contributed by atoms with Crippen LogP contribution in [-0.4, -0.2) is 41.2 Å².